The second-order valence-electron chi connectivity index (χ2n) is 7.18. The minimum atomic E-state index is -1.16. The summed E-state index contributed by atoms with van der Waals surface area (Å²) in [6.45, 7) is 1.48. The highest BCUT2D eigenvalue weighted by molar-refractivity contribution is 5.90. The first-order valence-corrected chi connectivity index (χ1v) is 9.50. The van der Waals surface area contributed by atoms with Crippen LogP contribution in [0, 0.1) is 11.6 Å². The van der Waals surface area contributed by atoms with Crippen molar-refractivity contribution in [3.8, 4) is 22.6 Å². The van der Waals surface area contributed by atoms with Crippen LogP contribution in [0.2, 0.25) is 0 Å². The van der Waals surface area contributed by atoms with Gasteiger partial charge in [0.25, 0.3) is 0 Å². The molecule has 0 bridgehead atoms. The van der Waals surface area contributed by atoms with Gasteiger partial charge < -0.3 is 9.53 Å². The van der Waals surface area contributed by atoms with Gasteiger partial charge in [-0.25, -0.2) is 18.3 Å². The van der Waals surface area contributed by atoms with Crippen molar-refractivity contribution in [1.82, 2.24) is 25.2 Å². The van der Waals surface area contributed by atoms with Crippen molar-refractivity contribution >= 4 is 17.6 Å². The van der Waals surface area contributed by atoms with Crippen molar-refractivity contribution in [3.63, 3.8) is 0 Å². The van der Waals surface area contributed by atoms with E-state index in [1.54, 1.807) is 19.2 Å². The number of ether oxygens (including phenoxy) is 1. The van der Waals surface area contributed by atoms with Gasteiger partial charge in [-0.3, -0.25) is 9.88 Å². The van der Waals surface area contributed by atoms with Gasteiger partial charge in [-0.05, 0) is 42.0 Å². The Morgan fingerprint density at radius 3 is 2.68 bits per heavy atom. The summed E-state index contributed by atoms with van der Waals surface area (Å²) < 4.78 is 36.3. The third-order valence-electron chi connectivity index (χ3n) is 4.97. The number of hydrogen-bond acceptors (Lipinski definition) is 7. The summed E-state index contributed by atoms with van der Waals surface area (Å²) in [5.74, 6) is -1.87. The fourth-order valence-corrected chi connectivity index (χ4v) is 3.34. The Hall–Kier alpha value is -3.76. The zero-order valence-corrected chi connectivity index (χ0v) is 16.7. The number of cyclic esters (lactones) is 1. The zero-order chi connectivity index (χ0) is 22.1. The number of aryl methyl sites for hydroxylation is 1. The van der Waals surface area contributed by atoms with E-state index in [-0.39, 0.29) is 30.0 Å². The normalized spacial score (nSPS) is 15.9. The van der Waals surface area contributed by atoms with Crippen LogP contribution in [0.3, 0.4) is 0 Å². The Morgan fingerprint density at radius 1 is 1.23 bits per heavy atom. The maximum absolute atomic E-state index is 14.9. The Kier molecular flexibility index (Phi) is 5.40. The van der Waals surface area contributed by atoms with Crippen molar-refractivity contribution < 1.29 is 23.1 Å². The lowest BCUT2D eigenvalue weighted by Crippen LogP contribution is -2.26. The quantitative estimate of drug-likeness (QED) is 0.595. The molecule has 0 saturated carbocycles. The first-order chi connectivity index (χ1) is 14.8. The number of Topliss-reactive ketones (excluding diaryl/α,β-unsaturated/α-hetero) is 1. The van der Waals surface area contributed by atoms with Gasteiger partial charge in [0.15, 0.2) is 17.5 Å². The number of anilines is 1. The molecule has 1 aliphatic heterocycles. The molecule has 2 aromatic heterocycles. The second kappa shape index (κ2) is 8.17. The lowest BCUT2D eigenvalue weighted by Gasteiger charge is -2.16. The van der Waals surface area contributed by atoms with Crippen LogP contribution in [0.25, 0.3) is 22.6 Å². The van der Waals surface area contributed by atoms with Gasteiger partial charge in [-0.1, -0.05) is 6.07 Å². The number of benzene rings is 1. The van der Waals surface area contributed by atoms with Gasteiger partial charge in [0.1, 0.15) is 17.6 Å². The Labute approximate surface area is 175 Å². The van der Waals surface area contributed by atoms with Gasteiger partial charge in [-0.2, -0.15) is 0 Å². The van der Waals surface area contributed by atoms with Crippen molar-refractivity contribution in [2.45, 2.75) is 25.9 Å². The van der Waals surface area contributed by atoms with Crippen LogP contribution in [0.15, 0.2) is 30.5 Å². The summed E-state index contributed by atoms with van der Waals surface area (Å²) >= 11 is 0. The molecule has 1 amide bonds. The van der Waals surface area contributed by atoms with Gasteiger partial charge in [0.2, 0.25) is 0 Å². The van der Waals surface area contributed by atoms with E-state index in [0.29, 0.717) is 23.5 Å². The van der Waals surface area contributed by atoms with Crippen LogP contribution in [0.4, 0.5) is 19.3 Å². The van der Waals surface area contributed by atoms with E-state index in [2.05, 4.69) is 20.5 Å². The molecule has 1 saturated heterocycles. The molecule has 0 spiro atoms. The van der Waals surface area contributed by atoms with Crippen molar-refractivity contribution in [3.05, 3.63) is 42.1 Å². The summed E-state index contributed by atoms with van der Waals surface area (Å²) in [5, 5.41) is 11.1. The van der Waals surface area contributed by atoms with Crippen molar-refractivity contribution in [2.24, 2.45) is 7.05 Å². The molecule has 160 valence electrons. The predicted molar refractivity (Wildman–Crippen MR) is 105 cm³/mol. The summed E-state index contributed by atoms with van der Waals surface area (Å²) in [5.41, 5.74) is 0.610. The number of aromatic nitrogens is 5. The number of nitrogens with zero attached hydrogens (tertiary/aromatic N) is 6. The van der Waals surface area contributed by atoms with E-state index in [1.165, 1.54) is 29.9 Å². The average molecular weight is 428 g/mol. The Morgan fingerprint density at radius 2 is 2.03 bits per heavy atom. The highest BCUT2D eigenvalue weighted by Gasteiger charge is 2.34. The summed E-state index contributed by atoms with van der Waals surface area (Å²) in [7, 11) is 1.66. The lowest BCUT2D eigenvalue weighted by molar-refractivity contribution is -0.117. The number of pyridine rings is 1. The second-order valence-corrected chi connectivity index (χ2v) is 7.18. The SMILES string of the molecule is CC(=O)CC[C@H]1CN(c2ccc(-c3ccc(-c4nnnn4C)nc3)c(F)c2F)C(=O)O1. The number of rotatable bonds is 6. The predicted octanol–water partition coefficient (Wildman–Crippen LogP) is 2.91. The van der Waals surface area contributed by atoms with Crippen LogP contribution < -0.4 is 4.90 Å². The number of carbonyl (C=O) groups excluding carboxylic acids is 2. The molecule has 1 aliphatic rings. The molecule has 1 atom stereocenters. The smallest absolute Gasteiger partial charge is 0.414 e. The molecule has 0 aliphatic carbocycles. The number of carbonyl (C=O) groups is 2. The Balaban J connectivity index is 1.57. The highest BCUT2D eigenvalue weighted by atomic mass is 19.2. The first kappa shape index (κ1) is 20.5. The third-order valence-corrected chi connectivity index (χ3v) is 4.97. The number of halogens is 2. The Bertz CT molecular complexity index is 1150. The molecule has 3 aromatic rings. The number of tetrazole rings is 1. The molecular formula is C20H18F2N6O3. The molecule has 9 nitrogen and oxygen atoms in total. The number of hydrogen-bond donors (Lipinski definition) is 0. The molecule has 0 N–H and O–H groups in total. The van der Waals surface area contributed by atoms with E-state index < -0.39 is 23.8 Å². The molecule has 11 heteroatoms. The molecule has 3 heterocycles. The van der Waals surface area contributed by atoms with Gasteiger partial charge in [0.05, 0.1) is 12.2 Å². The van der Waals surface area contributed by atoms with E-state index in [1.807, 2.05) is 0 Å². The van der Waals surface area contributed by atoms with Crippen LogP contribution in [0.1, 0.15) is 19.8 Å². The standard InChI is InChI=1S/C20H18F2N6O3/c1-11(29)3-5-13-10-28(20(30)31-13)16-8-6-14(17(21)18(16)22)12-4-7-15(23-9-12)19-24-25-26-27(19)2/h4,6-9,13H,3,5,10H2,1-2H3/t13-/m0/s1. The van der Waals surface area contributed by atoms with E-state index in [4.69, 9.17) is 4.74 Å². The lowest BCUT2D eigenvalue weighted by atomic mass is 10.0. The maximum atomic E-state index is 14.9. The summed E-state index contributed by atoms with van der Waals surface area (Å²) in [6, 6.07) is 5.88. The van der Waals surface area contributed by atoms with Crippen LogP contribution in [0.5, 0.6) is 0 Å². The third kappa shape index (κ3) is 3.98. The fourth-order valence-electron chi connectivity index (χ4n) is 3.34. The topological polar surface area (TPSA) is 103 Å². The maximum Gasteiger partial charge on any atom is 0.414 e. The average Bonchev–Trinajstić information content (AvgIpc) is 3.34. The minimum Gasteiger partial charge on any atom is -0.444 e. The van der Waals surface area contributed by atoms with Crippen LogP contribution in [-0.4, -0.2) is 49.7 Å². The van der Waals surface area contributed by atoms with Crippen LogP contribution >= 0.6 is 0 Å². The molecule has 4 rings (SSSR count). The van der Waals surface area contributed by atoms with Crippen molar-refractivity contribution in [2.75, 3.05) is 11.4 Å². The molecule has 1 aromatic carbocycles. The van der Waals surface area contributed by atoms with E-state index >= 15 is 0 Å². The highest BCUT2D eigenvalue weighted by Crippen LogP contribution is 2.33. The molecule has 31 heavy (non-hydrogen) atoms. The van der Waals surface area contributed by atoms with E-state index in [0.717, 1.165) is 4.90 Å². The summed E-state index contributed by atoms with van der Waals surface area (Å²) in [6.07, 6.45) is 0.644. The molecule has 0 radical (unpaired) electrons. The fraction of sp³-hybridized carbons (Fsp3) is 0.300. The van der Waals surface area contributed by atoms with Gasteiger partial charge in [-0.15, -0.1) is 5.10 Å². The van der Waals surface area contributed by atoms with Gasteiger partial charge in [0, 0.05) is 30.8 Å². The molecular weight excluding hydrogens is 410 g/mol. The monoisotopic (exact) mass is 428 g/mol. The first-order valence-electron chi connectivity index (χ1n) is 9.50. The molecule has 0 unspecified atom stereocenters. The van der Waals surface area contributed by atoms with Gasteiger partial charge >= 0.3 is 6.09 Å². The minimum absolute atomic E-state index is 0.00270. The zero-order valence-electron chi connectivity index (χ0n) is 16.7. The van der Waals surface area contributed by atoms with Crippen molar-refractivity contribution in [1.29, 1.82) is 0 Å². The number of ketones is 1. The number of amides is 1. The van der Waals surface area contributed by atoms with E-state index in [9.17, 15) is 18.4 Å². The van der Waals surface area contributed by atoms with Crippen LogP contribution in [-0.2, 0) is 16.6 Å². The largest absolute Gasteiger partial charge is 0.444 e. The summed E-state index contributed by atoms with van der Waals surface area (Å²) in [4.78, 5) is 28.5. The molecule has 1 fully saturated rings.